The molecular weight excluding hydrogens is 255 g/mol. The van der Waals surface area contributed by atoms with Crippen molar-refractivity contribution >= 4 is 20.9 Å². The number of aryl methyl sites for hydroxylation is 1. The molecule has 0 amide bonds. The highest BCUT2D eigenvalue weighted by atomic mass is 32.2. The van der Waals surface area contributed by atoms with Gasteiger partial charge in [0.25, 0.3) is 0 Å². The summed E-state index contributed by atoms with van der Waals surface area (Å²) in [5.74, 6) is -0.472. The molecule has 2 aromatic rings. The Bertz CT molecular complexity index is 677. The van der Waals surface area contributed by atoms with Gasteiger partial charge in [0.15, 0.2) is 0 Å². The zero-order chi connectivity index (χ0) is 13.3. The molecule has 18 heavy (non-hydrogen) atoms. The van der Waals surface area contributed by atoms with Gasteiger partial charge in [-0.2, -0.15) is 0 Å². The van der Waals surface area contributed by atoms with Crippen molar-refractivity contribution in [3.05, 3.63) is 30.2 Å². The fourth-order valence-corrected chi connectivity index (χ4v) is 2.72. The predicted molar refractivity (Wildman–Crippen MR) is 68.2 cm³/mol. The quantitative estimate of drug-likeness (QED) is 0.925. The molecule has 0 saturated carbocycles. The Morgan fingerprint density at radius 2 is 2.11 bits per heavy atom. The number of hydrogen-bond acceptors (Lipinski definition) is 2. The lowest BCUT2D eigenvalue weighted by atomic mass is 10.2. The van der Waals surface area contributed by atoms with Gasteiger partial charge in [0.05, 0.1) is 0 Å². The van der Waals surface area contributed by atoms with Crippen molar-refractivity contribution in [2.24, 2.45) is 5.14 Å². The van der Waals surface area contributed by atoms with Crippen LogP contribution in [-0.4, -0.2) is 13.0 Å². The van der Waals surface area contributed by atoms with E-state index in [2.05, 4.69) is 0 Å². The molecule has 0 unspecified atom stereocenters. The Hall–Kier alpha value is -1.40. The molecule has 2 N–H and O–H groups in total. The smallest absolute Gasteiger partial charge is 0.240 e. The average Bonchev–Trinajstić information content (AvgIpc) is 2.64. The summed E-state index contributed by atoms with van der Waals surface area (Å²) in [6.07, 6.45) is 3.39. The Balaban J connectivity index is 2.67. The van der Waals surface area contributed by atoms with Gasteiger partial charge in [-0.25, -0.2) is 17.9 Å². The van der Waals surface area contributed by atoms with Crippen LogP contribution >= 0.6 is 0 Å². The number of halogens is 1. The molecule has 6 heteroatoms. The van der Waals surface area contributed by atoms with Crippen molar-refractivity contribution in [3.8, 4) is 0 Å². The third-order valence-electron chi connectivity index (χ3n) is 2.87. The Kier molecular flexibility index (Phi) is 3.41. The second kappa shape index (κ2) is 4.70. The highest BCUT2D eigenvalue weighted by Gasteiger charge is 2.17. The monoisotopic (exact) mass is 270 g/mol. The number of primary sulfonamides is 1. The minimum absolute atomic E-state index is 0.0203. The fourth-order valence-electron chi connectivity index (χ4n) is 1.98. The number of hydrogen-bond donors (Lipinski definition) is 1. The highest BCUT2D eigenvalue weighted by molar-refractivity contribution is 7.89. The molecule has 1 heterocycles. The molecule has 0 aliphatic carbocycles. The first-order valence-electron chi connectivity index (χ1n) is 5.74. The van der Waals surface area contributed by atoms with E-state index in [4.69, 9.17) is 5.14 Å². The van der Waals surface area contributed by atoms with Gasteiger partial charge in [-0.1, -0.05) is 13.3 Å². The molecule has 0 fully saturated rings. The molecule has 0 atom stereocenters. The van der Waals surface area contributed by atoms with Gasteiger partial charge < -0.3 is 4.57 Å². The minimum Gasteiger partial charge on any atom is -0.346 e. The first kappa shape index (κ1) is 13.0. The van der Waals surface area contributed by atoms with Crippen LogP contribution in [0.3, 0.4) is 0 Å². The number of rotatable bonds is 4. The lowest BCUT2D eigenvalue weighted by molar-refractivity contribution is 0.596. The number of unbranched alkanes of at least 4 members (excludes halogenated alkanes) is 1. The lowest BCUT2D eigenvalue weighted by Crippen LogP contribution is -2.11. The lowest BCUT2D eigenvalue weighted by Gasteiger charge is -2.03. The molecular formula is C12H15FN2O2S. The molecule has 0 aliphatic rings. The number of fused-ring (bicyclic) bond motifs is 1. The van der Waals surface area contributed by atoms with E-state index in [1.165, 1.54) is 18.3 Å². The largest absolute Gasteiger partial charge is 0.346 e. The van der Waals surface area contributed by atoms with Crippen molar-refractivity contribution in [1.29, 1.82) is 0 Å². The van der Waals surface area contributed by atoms with Crippen molar-refractivity contribution in [3.63, 3.8) is 0 Å². The van der Waals surface area contributed by atoms with Crippen LogP contribution < -0.4 is 5.14 Å². The minimum atomic E-state index is -3.84. The zero-order valence-electron chi connectivity index (χ0n) is 10.1. The summed E-state index contributed by atoms with van der Waals surface area (Å²) in [4.78, 5) is -0.0203. The maximum Gasteiger partial charge on any atom is 0.240 e. The van der Waals surface area contributed by atoms with Crippen LogP contribution in [0.5, 0.6) is 0 Å². The zero-order valence-corrected chi connectivity index (χ0v) is 10.9. The number of benzene rings is 1. The van der Waals surface area contributed by atoms with E-state index < -0.39 is 15.8 Å². The molecule has 98 valence electrons. The van der Waals surface area contributed by atoms with E-state index in [9.17, 15) is 12.8 Å². The average molecular weight is 270 g/mol. The van der Waals surface area contributed by atoms with Gasteiger partial charge in [-0.15, -0.1) is 0 Å². The van der Waals surface area contributed by atoms with Crippen LogP contribution in [0.25, 0.3) is 10.9 Å². The van der Waals surface area contributed by atoms with Crippen LogP contribution in [-0.2, 0) is 16.6 Å². The topological polar surface area (TPSA) is 65.1 Å². The number of sulfonamides is 1. The van der Waals surface area contributed by atoms with E-state index >= 15 is 0 Å². The standard InChI is InChI=1S/C12H15FN2O2S/c1-2-3-6-15-8-12(18(14,16)17)10-7-9(13)4-5-11(10)15/h4-5,7-8H,2-3,6H2,1H3,(H2,14,16,17). The highest BCUT2D eigenvalue weighted by Crippen LogP contribution is 2.25. The second-order valence-electron chi connectivity index (χ2n) is 4.25. The summed E-state index contributed by atoms with van der Waals surface area (Å²) in [6, 6.07) is 4.10. The van der Waals surface area contributed by atoms with E-state index in [-0.39, 0.29) is 4.90 Å². The van der Waals surface area contributed by atoms with E-state index in [1.54, 1.807) is 10.6 Å². The molecule has 1 aromatic carbocycles. The summed E-state index contributed by atoms with van der Waals surface area (Å²) < 4.78 is 38.0. The number of nitrogens with zero attached hydrogens (tertiary/aromatic N) is 1. The van der Waals surface area contributed by atoms with Crippen molar-refractivity contribution in [2.45, 2.75) is 31.2 Å². The number of nitrogens with two attached hydrogens (primary N) is 1. The fraction of sp³-hybridized carbons (Fsp3) is 0.333. The number of aromatic nitrogens is 1. The Labute approximate surface area is 105 Å². The van der Waals surface area contributed by atoms with Gasteiger partial charge >= 0.3 is 0 Å². The van der Waals surface area contributed by atoms with Crippen molar-refractivity contribution in [2.75, 3.05) is 0 Å². The molecule has 0 radical (unpaired) electrons. The van der Waals surface area contributed by atoms with Gasteiger partial charge in [0, 0.05) is 23.6 Å². The molecule has 4 nitrogen and oxygen atoms in total. The maximum atomic E-state index is 13.2. The summed E-state index contributed by atoms with van der Waals surface area (Å²) in [7, 11) is -3.84. The second-order valence-corrected chi connectivity index (χ2v) is 5.78. The molecule has 0 bridgehead atoms. The molecule has 0 aliphatic heterocycles. The molecule has 0 saturated heterocycles. The van der Waals surface area contributed by atoms with Crippen LogP contribution in [0.1, 0.15) is 19.8 Å². The van der Waals surface area contributed by atoms with Crippen LogP contribution in [0.15, 0.2) is 29.3 Å². The Morgan fingerprint density at radius 1 is 1.39 bits per heavy atom. The van der Waals surface area contributed by atoms with Crippen molar-refractivity contribution in [1.82, 2.24) is 4.57 Å². The normalized spacial score (nSPS) is 12.2. The third-order valence-corrected chi connectivity index (χ3v) is 3.80. The van der Waals surface area contributed by atoms with Crippen LogP contribution in [0.2, 0.25) is 0 Å². The third kappa shape index (κ3) is 2.39. The maximum absolute atomic E-state index is 13.2. The van der Waals surface area contributed by atoms with E-state index in [0.29, 0.717) is 17.4 Å². The molecule has 2 rings (SSSR count). The summed E-state index contributed by atoms with van der Waals surface area (Å²) in [5.41, 5.74) is 0.689. The molecule has 1 aromatic heterocycles. The first-order chi connectivity index (χ1) is 8.43. The summed E-state index contributed by atoms with van der Waals surface area (Å²) in [6.45, 7) is 2.74. The van der Waals surface area contributed by atoms with Gasteiger partial charge in [-0.3, -0.25) is 0 Å². The predicted octanol–water partition coefficient (Wildman–Crippen LogP) is 2.23. The first-order valence-corrected chi connectivity index (χ1v) is 7.29. The van der Waals surface area contributed by atoms with Gasteiger partial charge in [0.1, 0.15) is 10.7 Å². The molecule has 0 spiro atoms. The van der Waals surface area contributed by atoms with Crippen LogP contribution in [0, 0.1) is 5.82 Å². The van der Waals surface area contributed by atoms with E-state index in [0.717, 1.165) is 12.8 Å². The van der Waals surface area contributed by atoms with Gasteiger partial charge in [0.2, 0.25) is 10.0 Å². The summed E-state index contributed by atoms with van der Waals surface area (Å²) in [5, 5.41) is 5.49. The van der Waals surface area contributed by atoms with E-state index in [1.807, 2.05) is 6.92 Å². The SMILES string of the molecule is CCCCn1cc(S(N)(=O)=O)c2cc(F)ccc21. The van der Waals surface area contributed by atoms with Crippen molar-refractivity contribution < 1.29 is 12.8 Å². The van der Waals surface area contributed by atoms with Gasteiger partial charge in [-0.05, 0) is 24.6 Å². The summed E-state index contributed by atoms with van der Waals surface area (Å²) >= 11 is 0. The van der Waals surface area contributed by atoms with Crippen LogP contribution in [0.4, 0.5) is 4.39 Å². The Morgan fingerprint density at radius 3 is 2.72 bits per heavy atom.